The van der Waals surface area contributed by atoms with Crippen molar-refractivity contribution in [1.29, 1.82) is 0 Å². The summed E-state index contributed by atoms with van der Waals surface area (Å²) < 4.78 is 0. The summed E-state index contributed by atoms with van der Waals surface area (Å²) in [6, 6.07) is 11.9. The average molecular weight is 492 g/mol. The van der Waals surface area contributed by atoms with Crippen molar-refractivity contribution in [2.24, 2.45) is 10.2 Å². The molecule has 0 spiro atoms. The van der Waals surface area contributed by atoms with Gasteiger partial charge in [-0.05, 0) is 50.2 Å². The second-order valence-electron chi connectivity index (χ2n) is 6.10. The molecule has 163 valence electrons. The molecule has 2 N–H and O–H groups in total. The molecule has 0 radical (unpaired) electrons. The minimum absolute atomic E-state index is 0.216. The molecule has 0 aromatic carbocycles. The van der Waals surface area contributed by atoms with Gasteiger partial charge in [0.05, 0.1) is 22.5 Å². The number of hydrogen-bond donors (Lipinski definition) is 0. The first kappa shape index (κ1) is 24.8. The van der Waals surface area contributed by atoms with Crippen molar-refractivity contribution in [1.82, 2.24) is 15.0 Å². The molecule has 3 aromatic rings. The number of hydrogen-bond acceptors (Lipinski definition) is 5. The molecule has 3 heterocycles. The molecule has 3 rings (SSSR count). The Balaban J connectivity index is 0.00000176. The second kappa shape index (κ2) is 13.1. The molecular weight excluding hydrogens is 473 g/mol. The van der Waals surface area contributed by atoms with E-state index in [-0.39, 0.29) is 11.8 Å². The van der Waals surface area contributed by atoms with Crippen molar-refractivity contribution in [3.8, 4) is 0 Å². The monoisotopic (exact) mass is 491 g/mol. The number of carbonyl (C=O) groups excluding carboxylic acids is 2. The standard InChI is InChI=1S/C21H19N7O2.ClH.Mn/c1-14(25-27-20(29)16-6-10-22-11-7-16)18-4-3-5-19(24-18)15(2)26-28-21(30)17-8-12-23-13-9-17;;/h3-13H,1-2H3,(H2,24,27,28,29,30);1H;/q;;+2/p-1. The van der Waals surface area contributed by atoms with Crippen LogP contribution in [-0.4, -0.2) is 47.8 Å². The average Bonchev–Trinajstić information content (AvgIpc) is 2.87. The van der Waals surface area contributed by atoms with E-state index in [1.807, 2.05) is 0 Å². The van der Waals surface area contributed by atoms with Crippen molar-refractivity contribution in [2.75, 3.05) is 0 Å². The fraction of sp³-hybridized carbons (Fsp3) is 0.0952. The van der Waals surface area contributed by atoms with Gasteiger partial charge in [-0.15, -0.1) is 0 Å². The molecule has 0 bridgehead atoms. The second-order valence-corrected chi connectivity index (χ2v) is 6.10. The molecule has 9 nitrogen and oxygen atoms in total. The maximum atomic E-state index is 10.0. The van der Waals surface area contributed by atoms with Gasteiger partial charge < -0.3 is 21.1 Å². The molecule has 32 heavy (non-hydrogen) atoms. The first-order chi connectivity index (χ1) is 15.5. The van der Waals surface area contributed by atoms with Gasteiger partial charge in [-0.2, -0.15) is 0 Å². The Morgan fingerprint density at radius 3 is 1.50 bits per heavy atom. The Labute approximate surface area is 197 Å². The van der Waals surface area contributed by atoms with E-state index in [9.17, 15) is 9.59 Å². The predicted octanol–water partition coefficient (Wildman–Crippen LogP) is 3.86. The van der Waals surface area contributed by atoms with E-state index in [1.54, 1.807) is 81.1 Å². The molecule has 0 saturated heterocycles. The van der Waals surface area contributed by atoms with Crippen molar-refractivity contribution >= 4 is 33.3 Å². The van der Waals surface area contributed by atoms with Gasteiger partial charge in [0.15, 0.2) is 0 Å². The topological polar surface area (TPSA) is 134 Å². The molecule has 2 amide bonds. The zero-order chi connectivity index (χ0) is 23.3. The fourth-order valence-corrected chi connectivity index (χ4v) is 2.30. The van der Waals surface area contributed by atoms with Gasteiger partial charge in [0.1, 0.15) is 0 Å². The molecular formula is C21H19ClMnN7O2+. The van der Waals surface area contributed by atoms with Crippen LogP contribution in [0.25, 0.3) is 10.9 Å². The van der Waals surface area contributed by atoms with E-state index in [4.69, 9.17) is 0 Å². The van der Waals surface area contributed by atoms with E-state index < -0.39 is 0 Å². The summed E-state index contributed by atoms with van der Waals surface area (Å²) >= 11 is 2.41. The molecule has 0 saturated carbocycles. The third kappa shape index (κ3) is 7.35. The van der Waals surface area contributed by atoms with Crippen LogP contribution in [-0.2, 0) is 15.1 Å². The number of amides is 2. The summed E-state index contributed by atoms with van der Waals surface area (Å²) in [7, 11) is 4.45. The van der Waals surface area contributed by atoms with Crippen LogP contribution in [0.3, 0.4) is 0 Å². The van der Waals surface area contributed by atoms with Gasteiger partial charge in [-0.1, -0.05) is 6.07 Å². The Hall–Kier alpha value is -3.46. The van der Waals surface area contributed by atoms with E-state index >= 15 is 0 Å². The van der Waals surface area contributed by atoms with Gasteiger partial charge >= 0.3 is 25.2 Å². The quantitative estimate of drug-likeness (QED) is 0.224. The molecule has 0 aliphatic heterocycles. The molecule has 0 aliphatic carbocycles. The zero-order valence-electron chi connectivity index (χ0n) is 17.1. The molecule has 0 aliphatic rings. The number of nitrogens with zero attached hydrogens (tertiary/aromatic N) is 7. The van der Waals surface area contributed by atoms with Gasteiger partial charge in [0.2, 0.25) is 0 Å². The van der Waals surface area contributed by atoms with Gasteiger partial charge in [-0.3, -0.25) is 19.6 Å². The number of halogens is 1. The van der Waals surface area contributed by atoms with E-state index in [1.165, 1.54) is 0 Å². The van der Waals surface area contributed by atoms with Crippen molar-refractivity contribution < 1.29 is 24.7 Å². The summed E-state index contributed by atoms with van der Waals surface area (Å²) in [5.74, 6) is -0.432. The first-order valence-corrected chi connectivity index (χ1v) is 10.7. The first-order valence-electron chi connectivity index (χ1n) is 9.10. The summed E-state index contributed by atoms with van der Waals surface area (Å²) in [5, 5.41) is 8.09. The maximum absolute atomic E-state index is 10.0. The van der Waals surface area contributed by atoms with Crippen molar-refractivity contribution in [2.45, 2.75) is 13.8 Å². The molecule has 3 aromatic heterocycles. The Morgan fingerprint density at radius 1 is 0.750 bits per heavy atom. The SMILES string of the molecule is CC(=N[N-]C(=[OH+])c1ccncc1)c1cccc(C(C)=N[N-]C(=[OH+])c2ccncc2)n1.[Cl][Mn+]. The Morgan fingerprint density at radius 2 is 1.12 bits per heavy atom. The summed E-state index contributed by atoms with van der Waals surface area (Å²) in [6.45, 7) is 3.46. The fourth-order valence-electron chi connectivity index (χ4n) is 2.30. The molecule has 11 heteroatoms. The van der Waals surface area contributed by atoms with Gasteiger partial charge in [0, 0.05) is 36.2 Å². The van der Waals surface area contributed by atoms with Crippen molar-refractivity contribution in [3.05, 3.63) is 101 Å². The van der Waals surface area contributed by atoms with Crippen LogP contribution in [0.2, 0.25) is 0 Å². The third-order valence-electron chi connectivity index (χ3n) is 3.96. The normalized spacial score (nSPS) is 11.1. The van der Waals surface area contributed by atoms with Crippen LogP contribution < -0.4 is 0 Å². The van der Waals surface area contributed by atoms with E-state index in [0.717, 1.165) is 0 Å². The molecule has 0 fully saturated rings. The molecule has 0 unspecified atom stereocenters. The third-order valence-corrected chi connectivity index (χ3v) is 3.96. The number of aromatic nitrogens is 3. The van der Waals surface area contributed by atoms with Crippen molar-refractivity contribution in [3.63, 3.8) is 0 Å². The van der Waals surface area contributed by atoms with Crippen LogP contribution in [0.1, 0.15) is 36.4 Å². The van der Waals surface area contributed by atoms with Crippen LogP contribution in [0.4, 0.5) is 0 Å². The summed E-state index contributed by atoms with van der Waals surface area (Å²) in [4.78, 5) is 32.3. The summed E-state index contributed by atoms with van der Waals surface area (Å²) in [5.41, 5.74) is 10.9. The van der Waals surface area contributed by atoms with Crippen LogP contribution in [0.5, 0.6) is 0 Å². The zero-order valence-corrected chi connectivity index (χ0v) is 19.1. The predicted molar refractivity (Wildman–Crippen MR) is 122 cm³/mol. The number of pyridine rings is 3. The van der Waals surface area contributed by atoms with Gasteiger partial charge in [0.25, 0.3) is 11.8 Å². The Kier molecular flexibility index (Phi) is 10.1. The van der Waals surface area contributed by atoms with Crippen LogP contribution in [0.15, 0.2) is 77.5 Å². The minimum atomic E-state index is -0.216. The van der Waals surface area contributed by atoms with Gasteiger partial charge in [-0.25, -0.2) is 4.98 Å². The Bertz CT molecular complexity index is 1020. The van der Waals surface area contributed by atoms with E-state index in [2.05, 4.69) is 61.2 Å². The molecule has 0 atom stereocenters. The summed E-state index contributed by atoms with van der Waals surface area (Å²) in [6.07, 6.45) is 6.22. The van der Waals surface area contributed by atoms with Crippen LogP contribution in [0, 0.1) is 0 Å². The van der Waals surface area contributed by atoms with E-state index in [0.29, 0.717) is 33.9 Å². The van der Waals surface area contributed by atoms with Crippen LogP contribution >= 0.6 is 10.1 Å². The number of rotatable bonds is 6.